The molecule has 2 rings (SSSR count). The summed E-state index contributed by atoms with van der Waals surface area (Å²) in [4.78, 5) is 28.3. The maximum Gasteiger partial charge on any atom is 0.243 e. The van der Waals surface area contributed by atoms with Crippen molar-refractivity contribution in [1.29, 1.82) is 0 Å². The van der Waals surface area contributed by atoms with E-state index in [1.807, 2.05) is 90.1 Å². The van der Waals surface area contributed by atoms with E-state index in [0.29, 0.717) is 56.9 Å². The summed E-state index contributed by atoms with van der Waals surface area (Å²) in [6, 6.07) is 15.4. The highest BCUT2D eigenvalue weighted by atomic mass is 16.5. The van der Waals surface area contributed by atoms with Gasteiger partial charge in [-0.15, -0.1) is 0 Å². The molecule has 0 spiro atoms. The minimum Gasteiger partial charge on any atom is -0.490 e. The number of hydrogen-bond acceptors (Lipinski definition) is 4. The van der Waals surface area contributed by atoms with Crippen LogP contribution in [0.4, 0.5) is 0 Å². The third-order valence-corrected chi connectivity index (χ3v) is 5.60. The Morgan fingerprint density at radius 2 is 1.54 bits per heavy atom. The summed E-state index contributed by atoms with van der Waals surface area (Å²) in [6.07, 6.45) is 2.13. The molecule has 0 aliphatic heterocycles. The molecule has 0 aromatic heterocycles. The minimum atomic E-state index is -0.509. The molecule has 2 aromatic rings. The number of hydrogen-bond donors (Lipinski definition) is 1. The molecular formula is C29H42N2O4. The molecule has 35 heavy (non-hydrogen) atoms. The maximum absolute atomic E-state index is 13.5. The molecule has 0 saturated heterocycles. The molecule has 2 amide bonds. The standard InChI is InChI=1S/C29H42N2O4/c1-7-24(28(33)30-29(4,5)6)31(20-19-22-13-11-10-12-14-22)27(32)18-16-23-15-17-25(34-8-2)26(21-23)35-9-3/h10-15,17,21,24H,7-9,16,18-20H2,1-6H3,(H,30,33)/t24-/m0/s1. The Morgan fingerprint density at radius 1 is 0.886 bits per heavy atom. The average molecular weight is 483 g/mol. The van der Waals surface area contributed by atoms with Gasteiger partial charge in [-0.1, -0.05) is 43.3 Å². The lowest BCUT2D eigenvalue weighted by Crippen LogP contribution is -2.54. The number of nitrogens with one attached hydrogen (secondary N) is 1. The van der Waals surface area contributed by atoms with Gasteiger partial charge in [-0.3, -0.25) is 9.59 Å². The highest BCUT2D eigenvalue weighted by molar-refractivity contribution is 5.88. The molecule has 1 N–H and O–H groups in total. The van der Waals surface area contributed by atoms with Crippen molar-refractivity contribution in [3.8, 4) is 11.5 Å². The first-order chi connectivity index (χ1) is 16.7. The number of ether oxygens (including phenoxy) is 2. The first-order valence-corrected chi connectivity index (χ1v) is 12.7. The summed E-state index contributed by atoms with van der Waals surface area (Å²) in [5, 5.41) is 3.05. The number of benzene rings is 2. The first-order valence-electron chi connectivity index (χ1n) is 12.7. The SMILES string of the molecule is CCOc1ccc(CCC(=O)N(CCc2ccccc2)[C@@H](CC)C(=O)NC(C)(C)C)cc1OCC. The summed E-state index contributed by atoms with van der Waals surface area (Å²) in [6.45, 7) is 13.3. The van der Waals surface area contributed by atoms with Gasteiger partial charge < -0.3 is 19.7 Å². The molecule has 0 bridgehead atoms. The van der Waals surface area contributed by atoms with Crippen LogP contribution in [-0.2, 0) is 22.4 Å². The molecule has 2 aromatic carbocycles. The van der Waals surface area contributed by atoms with Crippen molar-refractivity contribution in [3.05, 3.63) is 59.7 Å². The van der Waals surface area contributed by atoms with Gasteiger partial charge in [-0.25, -0.2) is 0 Å². The van der Waals surface area contributed by atoms with E-state index < -0.39 is 6.04 Å². The summed E-state index contributed by atoms with van der Waals surface area (Å²) >= 11 is 0. The fourth-order valence-corrected chi connectivity index (χ4v) is 3.99. The molecule has 0 unspecified atom stereocenters. The second-order valence-electron chi connectivity index (χ2n) is 9.63. The van der Waals surface area contributed by atoms with Gasteiger partial charge in [0.05, 0.1) is 13.2 Å². The molecular weight excluding hydrogens is 440 g/mol. The van der Waals surface area contributed by atoms with Gasteiger partial charge in [0.15, 0.2) is 11.5 Å². The molecule has 0 aliphatic carbocycles. The number of carbonyl (C=O) groups excluding carboxylic acids is 2. The number of carbonyl (C=O) groups is 2. The van der Waals surface area contributed by atoms with Gasteiger partial charge in [0.1, 0.15) is 6.04 Å². The Morgan fingerprint density at radius 3 is 2.14 bits per heavy atom. The summed E-state index contributed by atoms with van der Waals surface area (Å²) < 4.78 is 11.4. The monoisotopic (exact) mass is 482 g/mol. The van der Waals surface area contributed by atoms with E-state index in [2.05, 4.69) is 5.32 Å². The van der Waals surface area contributed by atoms with Gasteiger partial charge in [0.2, 0.25) is 11.8 Å². The first kappa shape index (κ1) is 28.2. The van der Waals surface area contributed by atoms with Crippen LogP contribution in [0.1, 0.15) is 65.5 Å². The smallest absolute Gasteiger partial charge is 0.243 e. The maximum atomic E-state index is 13.5. The van der Waals surface area contributed by atoms with Gasteiger partial charge in [0.25, 0.3) is 0 Å². The Hall–Kier alpha value is -3.02. The molecule has 192 valence electrons. The zero-order chi connectivity index (χ0) is 25.8. The van der Waals surface area contributed by atoms with E-state index >= 15 is 0 Å². The number of nitrogens with zero attached hydrogens (tertiary/aromatic N) is 1. The molecule has 6 nitrogen and oxygen atoms in total. The van der Waals surface area contributed by atoms with E-state index in [9.17, 15) is 9.59 Å². The lowest BCUT2D eigenvalue weighted by molar-refractivity contribution is -0.141. The van der Waals surface area contributed by atoms with Crippen molar-refractivity contribution in [2.45, 2.75) is 78.8 Å². The van der Waals surface area contributed by atoms with Crippen molar-refractivity contribution in [3.63, 3.8) is 0 Å². The second kappa shape index (κ2) is 13.8. The lowest BCUT2D eigenvalue weighted by Gasteiger charge is -2.33. The Balaban J connectivity index is 2.18. The van der Waals surface area contributed by atoms with Crippen LogP contribution in [0.15, 0.2) is 48.5 Å². The molecule has 6 heteroatoms. The Labute approximate surface area is 211 Å². The molecule has 0 fully saturated rings. The number of amides is 2. The zero-order valence-corrected chi connectivity index (χ0v) is 22.2. The van der Waals surface area contributed by atoms with Crippen molar-refractivity contribution in [2.24, 2.45) is 0 Å². The predicted molar refractivity (Wildman–Crippen MR) is 141 cm³/mol. The van der Waals surface area contributed by atoms with Crippen molar-refractivity contribution < 1.29 is 19.1 Å². The molecule has 0 aliphatic rings. The van der Waals surface area contributed by atoms with Gasteiger partial charge >= 0.3 is 0 Å². The van der Waals surface area contributed by atoms with Crippen molar-refractivity contribution >= 4 is 11.8 Å². The fourth-order valence-electron chi connectivity index (χ4n) is 3.99. The van der Waals surface area contributed by atoms with Gasteiger partial charge in [-0.05, 0) is 77.1 Å². The number of rotatable bonds is 13. The third-order valence-electron chi connectivity index (χ3n) is 5.60. The Bertz CT molecular complexity index is 937. The molecule has 0 heterocycles. The summed E-state index contributed by atoms with van der Waals surface area (Å²) in [5.41, 5.74) is 1.78. The van der Waals surface area contributed by atoms with Crippen LogP contribution in [0.2, 0.25) is 0 Å². The zero-order valence-electron chi connectivity index (χ0n) is 22.2. The molecule has 0 radical (unpaired) electrons. The topological polar surface area (TPSA) is 67.9 Å². The quantitative estimate of drug-likeness (QED) is 0.427. The fraction of sp³-hybridized carbons (Fsp3) is 0.517. The van der Waals surface area contributed by atoms with Crippen LogP contribution in [0.5, 0.6) is 11.5 Å². The highest BCUT2D eigenvalue weighted by Crippen LogP contribution is 2.29. The van der Waals surface area contributed by atoms with E-state index in [1.54, 1.807) is 4.90 Å². The lowest BCUT2D eigenvalue weighted by atomic mass is 10.0. The van der Waals surface area contributed by atoms with E-state index in [-0.39, 0.29) is 17.4 Å². The van der Waals surface area contributed by atoms with Crippen LogP contribution in [0.25, 0.3) is 0 Å². The van der Waals surface area contributed by atoms with Crippen molar-refractivity contribution in [1.82, 2.24) is 10.2 Å². The van der Waals surface area contributed by atoms with Crippen molar-refractivity contribution in [2.75, 3.05) is 19.8 Å². The van der Waals surface area contributed by atoms with Crippen LogP contribution < -0.4 is 14.8 Å². The Kier molecular flexibility index (Phi) is 11.1. The summed E-state index contributed by atoms with van der Waals surface area (Å²) in [7, 11) is 0. The largest absolute Gasteiger partial charge is 0.490 e. The predicted octanol–water partition coefficient (Wildman–Crippen LogP) is 5.18. The van der Waals surface area contributed by atoms with Gasteiger partial charge in [-0.2, -0.15) is 0 Å². The molecule has 1 atom stereocenters. The minimum absolute atomic E-state index is 0.0244. The van der Waals surface area contributed by atoms with Gasteiger partial charge in [0, 0.05) is 18.5 Å². The summed E-state index contributed by atoms with van der Waals surface area (Å²) in [5.74, 6) is 1.26. The average Bonchev–Trinajstić information content (AvgIpc) is 2.81. The van der Waals surface area contributed by atoms with E-state index in [4.69, 9.17) is 9.47 Å². The number of aryl methyl sites for hydroxylation is 1. The van der Waals surface area contributed by atoms with Crippen LogP contribution in [-0.4, -0.2) is 48.1 Å². The normalized spacial score (nSPS) is 12.1. The van der Waals surface area contributed by atoms with Crippen LogP contribution in [0, 0.1) is 0 Å². The van der Waals surface area contributed by atoms with Crippen LogP contribution in [0.3, 0.4) is 0 Å². The third kappa shape index (κ3) is 9.27. The van der Waals surface area contributed by atoms with Crippen LogP contribution >= 0.6 is 0 Å². The molecule has 0 saturated carbocycles. The van der Waals surface area contributed by atoms with E-state index in [1.165, 1.54) is 0 Å². The highest BCUT2D eigenvalue weighted by Gasteiger charge is 2.30. The second-order valence-corrected chi connectivity index (χ2v) is 9.63. The van der Waals surface area contributed by atoms with E-state index in [0.717, 1.165) is 11.1 Å².